The summed E-state index contributed by atoms with van der Waals surface area (Å²) >= 11 is 0. The van der Waals surface area contributed by atoms with Crippen LogP contribution in [0.15, 0.2) is 71.6 Å². The SMILES string of the molecule is COc1ccc(-c2ccc(CNC(=O)c3ccco3)c3cnccc23)cc1C. The van der Waals surface area contributed by atoms with Crippen molar-refractivity contribution in [1.82, 2.24) is 10.3 Å². The predicted molar refractivity (Wildman–Crippen MR) is 108 cm³/mol. The first kappa shape index (κ1) is 17.8. The van der Waals surface area contributed by atoms with E-state index in [0.717, 1.165) is 38.8 Å². The number of ether oxygens (including phenoxy) is 1. The second-order valence-corrected chi connectivity index (χ2v) is 6.54. The van der Waals surface area contributed by atoms with Crippen LogP contribution in [0.1, 0.15) is 21.7 Å². The molecular formula is C23H20N2O3. The van der Waals surface area contributed by atoms with Gasteiger partial charge in [0.15, 0.2) is 5.76 Å². The summed E-state index contributed by atoms with van der Waals surface area (Å²) in [6, 6.07) is 15.6. The number of furan rings is 1. The van der Waals surface area contributed by atoms with Crippen LogP contribution in [0.2, 0.25) is 0 Å². The number of pyridine rings is 1. The standard InChI is InChI=1S/C23H20N2O3/c1-15-12-16(6-8-21(15)27-2)18-7-5-17(20-14-24-10-9-19(18)20)13-25-23(26)22-4-3-11-28-22/h3-12,14H,13H2,1-2H3,(H,25,26). The van der Waals surface area contributed by atoms with Crippen LogP contribution in [0.5, 0.6) is 5.75 Å². The summed E-state index contributed by atoms with van der Waals surface area (Å²) < 4.78 is 10.5. The number of nitrogens with zero attached hydrogens (tertiary/aromatic N) is 1. The number of benzene rings is 2. The van der Waals surface area contributed by atoms with E-state index in [1.54, 1.807) is 25.4 Å². The zero-order valence-electron chi connectivity index (χ0n) is 15.7. The van der Waals surface area contributed by atoms with Crippen LogP contribution >= 0.6 is 0 Å². The first-order valence-electron chi connectivity index (χ1n) is 8.99. The second-order valence-electron chi connectivity index (χ2n) is 6.54. The molecule has 140 valence electrons. The van der Waals surface area contributed by atoms with Gasteiger partial charge in [-0.1, -0.05) is 18.2 Å². The lowest BCUT2D eigenvalue weighted by atomic mass is 9.95. The first-order chi connectivity index (χ1) is 13.7. The number of aryl methyl sites for hydroxylation is 1. The zero-order chi connectivity index (χ0) is 19.5. The van der Waals surface area contributed by atoms with Crippen LogP contribution in [0, 0.1) is 6.92 Å². The number of hydrogen-bond acceptors (Lipinski definition) is 4. The van der Waals surface area contributed by atoms with Crippen molar-refractivity contribution < 1.29 is 13.9 Å². The van der Waals surface area contributed by atoms with Gasteiger partial charge in [0.05, 0.1) is 13.4 Å². The van der Waals surface area contributed by atoms with Gasteiger partial charge in [-0.15, -0.1) is 0 Å². The number of carbonyl (C=O) groups excluding carboxylic acids is 1. The fourth-order valence-corrected chi connectivity index (χ4v) is 3.37. The molecule has 0 atom stereocenters. The number of rotatable bonds is 5. The van der Waals surface area contributed by atoms with E-state index in [0.29, 0.717) is 12.3 Å². The lowest BCUT2D eigenvalue weighted by Gasteiger charge is -2.13. The largest absolute Gasteiger partial charge is 0.496 e. The van der Waals surface area contributed by atoms with E-state index in [9.17, 15) is 4.79 Å². The molecule has 28 heavy (non-hydrogen) atoms. The van der Waals surface area contributed by atoms with Gasteiger partial charge in [0, 0.05) is 24.3 Å². The van der Waals surface area contributed by atoms with Crippen molar-refractivity contribution in [2.45, 2.75) is 13.5 Å². The second kappa shape index (κ2) is 7.56. The fourth-order valence-electron chi connectivity index (χ4n) is 3.37. The Hall–Kier alpha value is -3.60. The number of methoxy groups -OCH3 is 1. The van der Waals surface area contributed by atoms with Gasteiger partial charge in [0.1, 0.15) is 5.75 Å². The Balaban J connectivity index is 1.69. The predicted octanol–water partition coefficient (Wildman–Crippen LogP) is 4.74. The van der Waals surface area contributed by atoms with Crippen LogP contribution in [-0.4, -0.2) is 18.0 Å². The summed E-state index contributed by atoms with van der Waals surface area (Å²) in [5.74, 6) is 0.927. The fraction of sp³-hybridized carbons (Fsp3) is 0.130. The highest BCUT2D eigenvalue weighted by atomic mass is 16.5. The molecule has 1 N–H and O–H groups in total. The smallest absolute Gasteiger partial charge is 0.287 e. The molecule has 0 unspecified atom stereocenters. The molecule has 0 saturated carbocycles. The molecule has 0 aliphatic carbocycles. The number of amides is 1. The van der Waals surface area contributed by atoms with E-state index in [-0.39, 0.29) is 5.91 Å². The third-order valence-electron chi connectivity index (χ3n) is 4.80. The molecule has 0 radical (unpaired) electrons. The van der Waals surface area contributed by atoms with Crippen LogP contribution in [-0.2, 0) is 6.54 Å². The number of aromatic nitrogens is 1. The molecule has 0 saturated heterocycles. The number of hydrogen-bond donors (Lipinski definition) is 1. The van der Waals surface area contributed by atoms with Gasteiger partial charge in [-0.25, -0.2) is 0 Å². The Bertz CT molecular complexity index is 1130. The minimum Gasteiger partial charge on any atom is -0.496 e. The van der Waals surface area contributed by atoms with Crippen molar-refractivity contribution >= 4 is 16.7 Å². The highest BCUT2D eigenvalue weighted by molar-refractivity contribution is 5.98. The molecule has 4 aromatic rings. The molecular weight excluding hydrogens is 352 g/mol. The van der Waals surface area contributed by atoms with Gasteiger partial charge in [0.2, 0.25) is 0 Å². The Morgan fingerprint density at radius 1 is 1.14 bits per heavy atom. The molecule has 2 heterocycles. The normalized spacial score (nSPS) is 10.8. The number of carbonyl (C=O) groups is 1. The summed E-state index contributed by atoms with van der Waals surface area (Å²) in [6.07, 6.45) is 5.11. The van der Waals surface area contributed by atoms with Crippen molar-refractivity contribution in [2.24, 2.45) is 0 Å². The van der Waals surface area contributed by atoms with Crippen LogP contribution in [0.4, 0.5) is 0 Å². The van der Waals surface area contributed by atoms with E-state index >= 15 is 0 Å². The summed E-state index contributed by atoms with van der Waals surface area (Å²) in [5, 5.41) is 4.99. The summed E-state index contributed by atoms with van der Waals surface area (Å²) in [4.78, 5) is 16.4. The minimum atomic E-state index is -0.239. The van der Waals surface area contributed by atoms with E-state index in [4.69, 9.17) is 9.15 Å². The topological polar surface area (TPSA) is 64.4 Å². The van der Waals surface area contributed by atoms with Gasteiger partial charge in [-0.05, 0) is 64.9 Å². The summed E-state index contributed by atoms with van der Waals surface area (Å²) in [7, 11) is 1.68. The number of nitrogens with one attached hydrogen (secondary N) is 1. The molecule has 5 heteroatoms. The van der Waals surface area contributed by atoms with Crippen molar-refractivity contribution in [1.29, 1.82) is 0 Å². The molecule has 0 fully saturated rings. The molecule has 5 nitrogen and oxygen atoms in total. The highest BCUT2D eigenvalue weighted by Gasteiger charge is 2.12. The van der Waals surface area contributed by atoms with Crippen molar-refractivity contribution in [2.75, 3.05) is 7.11 Å². The Morgan fingerprint density at radius 3 is 2.79 bits per heavy atom. The minimum absolute atomic E-state index is 0.239. The van der Waals surface area contributed by atoms with Crippen LogP contribution in [0.3, 0.4) is 0 Å². The van der Waals surface area contributed by atoms with E-state index < -0.39 is 0 Å². The van der Waals surface area contributed by atoms with Crippen LogP contribution < -0.4 is 10.1 Å². The zero-order valence-corrected chi connectivity index (χ0v) is 15.7. The van der Waals surface area contributed by atoms with Gasteiger partial charge in [0.25, 0.3) is 5.91 Å². The lowest BCUT2D eigenvalue weighted by Crippen LogP contribution is -2.22. The van der Waals surface area contributed by atoms with Crippen molar-refractivity contribution in [3.63, 3.8) is 0 Å². The molecule has 4 rings (SSSR count). The highest BCUT2D eigenvalue weighted by Crippen LogP contribution is 2.32. The average molecular weight is 372 g/mol. The Labute approximate surface area is 163 Å². The monoisotopic (exact) mass is 372 g/mol. The summed E-state index contributed by atoms with van der Waals surface area (Å²) in [5.41, 5.74) is 4.30. The molecule has 0 bridgehead atoms. The van der Waals surface area contributed by atoms with Crippen LogP contribution in [0.25, 0.3) is 21.9 Å². The van der Waals surface area contributed by atoms with Gasteiger partial charge >= 0.3 is 0 Å². The third-order valence-corrected chi connectivity index (χ3v) is 4.80. The van der Waals surface area contributed by atoms with Gasteiger partial charge in [-0.2, -0.15) is 0 Å². The Kier molecular flexibility index (Phi) is 4.81. The van der Waals surface area contributed by atoms with Crippen molar-refractivity contribution in [3.8, 4) is 16.9 Å². The molecule has 2 aromatic heterocycles. The maximum atomic E-state index is 12.2. The molecule has 0 aliphatic heterocycles. The Morgan fingerprint density at radius 2 is 2.04 bits per heavy atom. The first-order valence-corrected chi connectivity index (χ1v) is 8.99. The van der Waals surface area contributed by atoms with E-state index in [2.05, 4.69) is 28.5 Å². The van der Waals surface area contributed by atoms with E-state index in [1.165, 1.54) is 6.26 Å². The maximum absolute atomic E-state index is 12.2. The maximum Gasteiger partial charge on any atom is 0.287 e. The summed E-state index contributed by atoms with van der Waals surface area (Å²) in [6.45, 7) is 2.42. The molecule has 0 aliphatic rings. The van der Waals surface area contributed by atoms with Crippen molar-refractivity contribution in [3.05, 3.63) is 84.1 Å². The molecule has 1 amide bonds. The quantitative estimate of drug-likeness (QED) is 0.549. The molecule has 0 spiro atoms. The van der Waals surface area contributed by atoms with E-state index in [1.807, 2.05) is 31.3 Å². The molecule has 2 aromatic carbocycles. The van der Waals surface area contributed by atoms with Gasteiger partial charge < -0.3 is 14.5 Å². The number of fused-ring (bicyclic) bond motifs is 1. The third kappa shape index (κ3) is 3.34. The van der Waals surface area contributed by atoms with Gasteiger partial charge in [-0.3, -0.25) is 9.78 Å². The lowest BCUT2D eigenvalue weighted by molar-refractivity contribution is 0.0923. The average Bonchev–Trinajstić information content (AvgIpc) is 3.26.